The molecule has 10 heteroatoms. The molecule has 1 amide bonds. The second-order valence-electron chi connectivity index (χ2n) is 7.19. The number of aromatic amines is 1. The minimum atomic E-state index is -0.428. The quantitative estimate of drug-likeness (QED) is 0.432. The van der Waals surface area contributed by atoms with Gasteiger partial charge in [0.05, 0.1) is 18.3 Å². The molecular weight excluding hydrogens is 402 g/mol. The highest BCUT2D eigenvalue weighted by Gasteiger charge is 2.15. The summed E-state index contributed by atoms with van der Waals surface area (Å²) in [5, 5.41) is 3.69. The van der Waals surface area contributed by atoms with Crippen molar-refractivity contribution >= 4 is 28.0 Å². The van der Waals surface area contributed by atoms with Crippen LogP contribution in [0.5, 0.6) is 5.75 Å². The second kappa shape index (κ2) is 8.13. The third-order valence-electron chi connectivity index (χ3n) is 5.12. The number of hydrogen-bond acceptors (Lipinski definition) is 6. The SMILES string of the molecule is CCOc1cc(C(=O)NCCCc2nc3c([nH]2)c(=O)n(C)c(=O)n3C)cc2occc12. The van der Waals surface area contributed by atoms with Gasteiger partial charge >= 0.3 is 5.69 Å². The molecule has 162 valence electrons. The number of carbonyl (C=O) groups is 1. The lowest BCUT2D eigenvalue weighted by Crippen LogP contribution is -2.36. The van der Waals surface area contributed by atoms with Gasteiger partial charge in [-0.3, -0.25) is 18.7 Å². The molecule has 2 N–H and O–H groups in total. The average Bonchev–Trinajstić information content (AvgIpc) is 3.41. The molecule has 0 fully saturated rings. The van der Waals surface area contributed by atoms with Crippen molar-refractivity contribution in [3.05, 3.63) is 56.7 Å². The molecule has 31 heavy (non-hydrogen) atoms. The first-order chi connectivity index (χ1) is 14.9. The summed E-state index contributed by atoms with van der Waals surface area (Å²) in [5.74, 6) is 0.951. The molecule has 3 aromatic heterocycles. The van der Waals surface area contributed by atoms with Crippen LogP contribution >= 0.6 is 0 Å². The number of imidazole rings is 1. The van der Waals surface area contributed by atoms with E-state index in [1.54, 1.807) is 31.5 Å². The van der Waals surface area contributed by atoms with Crippen LogP contribution in [0.25, 0.3) is 22.1 Å². The van der Waals surface area contributed by atoms with Crippen LogP contribution in [-0.4, -0.2) is 38.2 Å². The maximum absolute atomic E-state index is 12.6. The predicted molar refractivity (Wildman–Crippen MR) is 115 cm³/mol. The lowest BCUT2D eigenvalue weighted by atomic mass is 10.1. The highest BCUT2D eigenvalue weighted by atomic mass is 16.5. The van der Waals surface area contributed by atoms with Crippen molar-refractivity contribution < 1.29 is 13.9 Å². The van der Waals surface area contributed by atoms with Crippen molar-refractivity contribution in [3.8, 4) is 5.75 Å². The Morgan fingerprint density at radius 3 is 2.84 bits per heavy atom. The summed E-state index contributed by atoms with van der Waals surface area (Å²) in [5.41, 5.74) is 0.811. The van der Waals surface area contributed by atoms with Crippen molar-refractivity contribution in [3.63, 3.8) is 0 Å². The van der Waals surface area contributed by atoms with Gasteiger partial charge in [-0.2, -0.15) is 0 Å². The van der Waals surface area contributed by atoms with Crippen molar-refractivity contribution in [2.45, 2.75) is 19.8 Å². The van der Waals surface area contributed by atoms with Crippen LogP contribution in [0.3, 0.4) is 0 Å². The standard InChI is InChI=1S/C21H23N5O5/c1-4-30-14-10-12(11-15-13(14)7-9-31-15)19(27)22-8-5-6-16-23-17-18(24-16)25(2)21(29)26(3)20(17)28/h7,9-11H,4-6,8H2,1-3H3,(H,22,27)(H,23,24). The zero-order chi connectivity index (χ0) is 22.1. The molecule has 4 aromatic rings. The summed E-state index contributed by atoms with van der Waals surface area (Å²) >= 11 is 0. The lowest BCUT2D eigenvalue weighted by Gasteiger charge is -2.08. The molecule has 4 rings (SSSR count). The number of rotatable bonds is 7. The van der Waals surface area contributed by atoms with Crippen LogP contribution in [0, 0.1) is 0 Å². The Morgan fingerprint density at radius 2 is 2.06 bits per heavy atom. The number of carbonyl (C=O) groups excluding carboxylic acids is 1. The molecule has 1 aromatic carbocycles. The smallest absolute Gasteiger partial charge is 0.332 e. The van der Waals surface area contributed by atoms with E-state index in [1.165, 1.54) is 11.6 Å². The van der Waals surface area contributed by atoms with E-state index < -0.39 is 11.2 Å². The van der Waals surface area contributed by atoms with Gasteiger partial charge in [0, 0.05) is 32.6 Å². The Kier molecular flexibility index (Phi) is 5.37. The number of hydrogen-bond donors (Lipinski definition) is 2. The summed E-state index contributed by atoms with van der Waals surface area (Å²) in [6, 6.07) is 5.19. The summed E-state index contributed by atoms with van der Waals surface area (Å²) in [4.78, 5) is 44.2. The zero-order valence-corrected chi connectivity index (χ0v) is 17.5. The molecular formula is C21H23N5O5. The number of furan rings is 1. The van der Waals surface area contributed by atoms with E-state index in [9.17, 15) is 14.4 Å². The molecule has 3 heterocycles. The van der Waals surface area contributed by atoms with Gasteiger partial charge in [-0.1, -0.05) is 0 Å². The molecule has 0 aliphatic rings. The summed E-state index contributed by atoms with van der Waals surface area (Å²) in [7, 11) is 3.00. The Bertz CT molecular complexity index is 1390. The number of benzene rings is 1. The molecule has 0 saturated heterocycles. The van der Waals surface area contributed by atoms with Crippen LogP contribution in [-0.2, 0) is 20.5 Å². The topological polar surface area (TPSA) is 124 Å². The number of aryl methyl sites for hydroxylation is 2. The van der Waals surface area contributed by atoms with Gasteiger partial charge < -0.3 is 19.5 Å². The van der Waals surface area contributed by atoms with E-state index in [4.69, 9.17) is 9.15 Å². The van der Waals surface area contributed by atoms with Crippen molar-refractivity contribution in [2.75, 3.05) is 13.2 Å². The van der Waals surface area contributed by atoms with E-state index in [0.717, 1.165) is 9.95 Å². The number of nitrogens with zero attached hydrogens (tertiary/aromatic N) is 3. The van der Waals surface area contributed by atoms with E-state index in [1.807, 2.05) is 6.92 Å². The Hall–Kier alpha value is -3.82. The fraction of sp³-hybridized carbons (Fsp3) is 0.333. The van der Waals surface area contributed by atoms with Gasteiger partial charge in [0.2, 0.25) is 0 Å². The summed E-state index contributed by atoms with van der Waals surface area (Å²) < 4.78 is 13.4. The first-order valence-electron chi connectivity index (χ1n) is 9.97. The molecule has 0 spiro atoms. The Morgan fingerprint density at radius 1 is 1.26 bits per heavy atom. The maximum atomic E-state index is 12.6. The number of aromatic nitrogens is 4. The fourth-order valence-corrected chi connectivity index (χ4v) is 3.50. The minimum Gasteiger partial charge on any atom is -0.493 e. The van der Waals surface area contributed by atoms with Crippen LogP contribution in [0.1, 0.15) is 29.5 Å². The van der Waals surface area contributed by atoms with Crippen LogP contribution < -0.4 is 21.3 Å². The van der Waals surface area contributed by atoms with Crippen molar-refractivity contribution in [1.29, 1.82) is 0 Å². The summed E-state index contributed by atoms with van der Waals surface area (Å²) in [6.07, 6.45) is 2.67. The normalized spacial score (nSPS) is 11.3. The van der Waals surface area contributed by atoms with Gasteiger partial charge in [-0.05, 0) is 31.5 Å². The average molecular weight is 425 g/mol. The number of nitrogens with one attached hydrogen (secondary N) is 2. The molecule has 0 atom stereocenters. The van der Waals surface area contributed by atoms with Crippen LogP contribution in [0.2, 0.25) is 0 Å². The number of H-pyrrole nitrogens is 1. The monoisotopic (exact) mass is 425 g/mol. The molecule has 0 radical (unpaired) electrons. The first-order valence-corrected chi connectivity index (χ1v) is 9.97. The van der Waals surface area contributed by atoms with Gasteiger partial charge in [0.15, 0.2) is 5.65 Å². The number of amides is 1. The molecule has 0 aliphatic carbocycles. The third-order valence-corrected chi connectivity index (χ3v) is 5.12. The highest BCUT2D eigenvalue weighted by Crippen LogP contribution is 2.28. The van der Waals surface area contributed by atoms with E-state index >= 15 is 0 Å². The predicted octanol–water partition coefficient (Wildman–Crippen LogP) is 1.47. The van der Waals surface area contributed by atoms with E-state index in [2.05, 4.69) is 15.3 Å². The largest absolute Gasteiger partial charge is 0.493 e. The van der Waals surface area contributed by atoms with Gasteiger partial charge in [0.25, 0.3) is 11.5 Å². The summed E-state index contributed by atoms with van der Waals surface area (Å²) in [6.45, 7) is 2.77. The van der Waals surface area contributed by atoms with Gasteiger partial charge in [0.1, 0.15) is 22.7 Å². The molecule has 0 aliphatic heterocycles. The van der Waals surface area contributed by atoms with Crippen LogP contribution in [0.15, 0.2) is 38.5 Å². The van der Waals surface area contributed by atoms with Crippen LogP contribution in [0.4, 0.5) is 0 Å². The van der Waals surface area contributed by atoms with Gasteiger partial charge in [-0.25, -0.2) is 9.78 Å². The van der Waals surface area contributed by atoms with Gasteiger partial charge in [-0.15, -0.1) is 0 Å². The fourth-order valence-electron chi connectivity index (χ4n) is 3.50. The first kappa shape index (κ1) is 20.5. The molecule has 0 saturated carbocycles. The maximum Gasteiger partial charge on any atom is 0.332 e. The molecule has 0 unspecified atom stereocenters. The minimum absolute atomic E-state index is 0.236. The number of ether oxygens (including phenoxy) is 1. The molecule has 0 bridgehead atoms. The second-order valence-corrected chi connectivity index (χ2v) is 7.19. The van der Waals surface area contributed by atoms with Crippen molar-refractivity contribution in [2.24, 2.45) is 14.1 Å². The lowest BCUT2D eigenvalue weighted by molar-refractivity contribution is 0.0952. The third kappa shape index (κ3) is 3.72. The highest BCUT2D eigenvalue weighted by molar-refractivity contribution is 5.99. The Labute approximate surface area is 176 Å². The van der Waals surface area contributed by atoms with E-state index in [-0.39, 0.29) is 5.91 Å². The van der Waals surface area contributed by atoms with E-state index in [0.29, 0.717) is 59.9 Å². The zero-order valence-electron chi connectivity index (χ0n) is 17.5. The molecule has 10 nitrogen and oxygen atoms in total. The number of fused-ring (bicyclic) bond motifs is 2. The Balaban J connectivity index is 1.42. The van der Waals surface area contributed by atoms with Crippen molar-refractivity contribution in [1.82, 2.24) is 24.4 Å².